The molecule has 0 spiro atoms. The zero-order valence-corrected chi connectivity index (χ0v) is 17.2. The number of halogens is 1. The predicted octanol–water partition coefficient (Wildman–Crippen LogP) is 2.57. The Bertz CT molecular complexity index is 698. The van der Waals surface area contributed by atoms with Crippen molar-refractivity contribution in [2.75, 3.05) is 25.6 Å². The fourth-order valence-corrected chi connectivity index (χ4v) is 3.63. The monoisotopic (exact) mass is 389 g/mol. The maximum absolute atomic E-state index is 13.4. The average molecular weight is 390 g/mol. The summed E-state index contributed by atoms with van der Waals surface area (Å²) in [5.74, 6) is 1.03. The molecule has 142 valence electrons. The first-order valence-electron chi connectivity index (χ1n) is 8.04. The molecule has 1 aromatic carbocycles. The van der Waals surface area contributed by atoms with Crippen molar-refractivity contribution in [3.63, 3.8) is 0 Å². The van der Waals surface area contributed by atoms with Gasteiger partial charge in [-0.05, 0) is 50.3 Å². The summed E-state index contributed by atoms with van der Waals surface area (Å²) in [5.41, 5.74) is 1.92. The van der Waals surface area contributed by atoms with Gasteiger partial charge in [0.15, 0.2) is 15.8 Å². The van der Waals surface area contributed by atoms with Gasteiger partial charge in [0.25, 0.3) is 0 Å². The van der Waals surface area contributed by atoms with Crippen LogP contribution in [-0.2, 0) is 22.1 Å². The second-order valence-corrected chi connectivity index (χ2v) is 10.4. The van der Waals surface area contributed by atoms with Crippen LogP contribution in [0.25, 0.3) is 0 Å². The van der Waals surface area contributed by atoms with E-state index in [1.165, 1.54) is 6.07 Å². The Kier molecular flexibility index (Phi) is 8.21. The van der Waals surface area contributed by atoms with Crippen LogP contribution in [0.1, 0.15) is 31.9 Å². The molecule has 0 bridgehead atoms. The van der Waals surface area contributed by atoms with Crippen molar-refractivity contribution in [1.82, 2.24) is 10.6 Å². The van der Waals surface area contributed by atoms with Crippen LogP contribution in [0.4, 0.5) is 4.39 Å². The van der Waals surface area contributed by atoms with Gasteiger partial charge in [-0.25, -0.2) is 12.8 Å². The molecular weight excluding hydrogens is 361 g/mol. The molecule has 0 saturated heterocycles. The summed E-state index contributed by atoms with van der Waals surface area (Å²) in [4.78, 5) is 4.10. The van der Waals surface area contributed by atoms with Crippen LogP contribution in [0, 0.1) is 5.82 Å². The average Bonchev–Trinajstić information content (AvgIpc) is 2.51. The maximum atomic E-state index is 13.4. The van der Waals surface area contributed by atoms with E-state index in [1.54, 1.807) is 51.7 Å². The van der Waals surface area contributed by atoms with Crippen molar-refractivity contribution in [3.8, 4) is 0 Å². The normalized spacial score (nSPS) is 13.0. The largest absolute Gasteiger partial charge is 0.355 e. The van der Waals surface area contributed by atoms with E-state index in [9.17, 15) is 12.8 Å². The van der Waals surface area contributed by atoms with E-state index >= 15 is 0 Å². The Hall–Kier alpha value is -1.28. The van der Waals surface area contributed by atoms with Gasteiger partial charge in [0, 0.05) is 25.9 Å². The highest BCUT2D eigenvalue weighted by Gasteiger charge is 2.28. The predicted molar refractivity (Wildman–Crippen MR) is 105 cm³/mol. The molecular formula is C17H28FN3O2S2. The Morgan fingerprint density at radius 1 is 1.24 bits per heavy atom. The first kappa shape index (κ1) is 21.8. The molecule has 0 saturated carbocycles. The molecule has 2 N–H and O–H groups in total. The van der Waals surface area contributed by atoms with Crippen LogP contribution in [0.5, 0.6) is 0 Å². The Morgan fingerprint density at radius 2 is 1.92 bits per heavy atom. The first-order chi connectivity index (χ1) is 11.6. The second-order valence-electron chi connectivity index (χ2n) is 6.63. The van der Waals surface area contributed by atoms with Gasteiger partial charge in [-0.1, -0.05) is 6.07 Å². The van der Waals surface area contributed by atoms with Gasteiger partial charge in [0.05, 0.1) is 10.5 Å². The summed E-state index contributed by atoms with van der Waals surface area (Å²) in [7, 11) is -1.55. The number of nitrogens with one attached hydrogen (secondary N) is 2. The lowest BCUT2D eigenvalue weighted by molar-refractivity contribution is 0.559. The van der Waals surface area contributed by atoms with Gasteiger partial charge in [0.2, 0.25) is 0 Å². The molecule has 0 aromatic heterocycles. The highest BCUT2D eigenvalue weighted by atomic mass is 32.2. The third kappa shape index (κ3) is 6.86. The number of rotatable bonds is 7. The molecule has 0 fully saturated rings. The van der Waals surface area contributed by atoms with E-state index in [2.05, 4.69) is 15.6 Å². The van der Waals surface area contributed by atoms with Crippen LogP contribution in [0.2, 0.25) is 0 Å². The van der Waals surface area contributed by atoms with Crippen LogP contribution in [-0.4, -0.2) is 44.7 Å². The zero-order valence-electron chi connectivity index (χ0n) is 15.5. The fourth-order valence-electron chi connectivity index (χ4n) is 2.07. The molecule has 0 heterocycles. The Labute approximate surface area is 154 Å². The zero-order chi connectivity index (χ0) is 19.1. The van der Waals surface area contributed by atoms with Crippen LogP contribution < -0.4 is 10.6 Å². The molecule has 1 aromatic rings. The van der Waals surface area contributed by atoms with E-state index in [-0.39, 0.29) is 18.1 Å². The number of benzene rings is 1. The van der Waals surface area contributed by atoms with E-state index in [4.69, 9.17) is 0 Å². The van der Waals surface area contributed by atoms with Crippen molar-refractivity contribution in [3.05, 3.63) is 35.1 Å². The van der Waals surface area contributed by atoms with Crippen LogP contribution >= 0.6 is 11.8 Å². The molecule has 0 aliphatic heterocycles. The number of thioether (sulfide) groups is 1. The molecule has 25 heavy (non-hydrogen) atoms. The van der Waals surface area contributed by atoms with Gasteiger partial charge < -0.3 is 10.6 Å². The van der Waals surface area contributed by atoms with Crippen molar-refractivity contribution in [2.24, 2.45) is 4.99 Å². The lowest BCUT2D eigenvalue weighted by Gasteiger charge is -2.20. The SMILES string of the molecule is CN=C(NCCS(=O)(=O)C(C)(C)C)NCc1ccc(F)cc1CSC. The molecule has 5 nitrogen and oxygen atoms in total. The lowest BCUT2D eigenvalue weighted by Crippen LogP contribution is -2.41. The van der Waals surface area contributed by atoms with E-state index < -0.39 is 14.6 Å². The molecule has 0 aliphatic rings. The summed E-state index contributed by atoms with van der Waals surface area (Å²) >= 11 is 1.63. The highest BCUT2D eigenvalue weighted by molar-refractivity contribution is 7.97. The third-order valence-electron chi connectivity index (χ3n) is 3.73. The minimum Gasteiger partial charge on any atom is -0.355 e. The number of aliphatic imine (C=N–C) groups is 1. The number of hydrogen-bond acceptors (Lipinski definition) is 4. The summed E-state index contributed by atoms with van der Waals surface area (Å²) in [6.07, 6.45) is 1.97. The summed E-state index contributed by atoms with van der Waals surface area (Å²) in [5, 5.41) is 6.15. The number of guanidine groups is 1. The first-order valence-corrected chi connectivity index (χ1v) is 11.1. The standard InChI is InChI=1S/C17H28FN3O2S2/c1-17(2,3)25(22,23)9-8-20-16(19-4)21-11-13-6-7-15(18)10-14(13)12-24-5/h6-7,10H,8-9,11-12H2,1-5H3,(H2,19,20,21). The Morgan fingerprint density at radius 3 is 2.48 bits per heavy atom. The number of hydrogen-bond donors (Lipinski definition) is 2. The summed E-state index contributed by atoms with van der Waals surface area (Å²) in [6, 6.07) is 4.73. The second kappa shape index (κ2) is 9.43. The third-order valence-corrected chi connectivity index (χ3v) is 6.94. The molecule has 8 heteroatoms. The van der Waals surface area contributed by atoms with Crippen molar-refractivity contribution in [2.45, 2.75) is 37.8 Å². The quantitative estimate of drug-likeness (QED) is 0.554. The van der Waals surface area contributed by atoms with E-state index in [0.29, 0.717) is 12.5 Å². The number of nitrogens with zero attached hydrogens (tertiary/aromatic N) is 1. The minimum atomic E-state index is -3.18. The smallest absolute Gasteiger partial charge is 0.191 e. The van der Waals surface area contributed by atoms with Gasteiger partial charge in [-0.2, -0.15) is 11.8 Å². The molecule has 1 rings (SSSR count). The summed E-state index contributed by atoms with van der Waals surface area (Å²) in [6.45, 7) is 5.84. The molecule has 0 amide bonds. The van der Waals surface area contributed by atoms with Crippen LogP contribution in [0.15, 0.2) is 23.2 Å². The van der Waals surface area contributed by atoms with Crippen molar-refractivity contribution < 1.29 is 12.8 Å². The van der Waals surface area contributed by atoms with Gasteiger partial charge in [0.1, 0.15) is 5.82 Å². The van der Waals surface area contributed by atoms with Crippen molar-refractivity contribution >= 4 is 27.6 Å². The molecule has 0 unspecified atom stereocenters. The maximum Gasteiger partial charge on any atom is 0.191 e. The minimum absolute atomic E-state index is 0.0332. The van der Waals surface area contributed by atoms with Crippen LogP contribution in [0.3, 0.4) is 0 Å². The fraction of sp³-hybridized carbons (Fsp3) is 0.588. The molecule has 0 atom stereocenters. The summed E-state index contributed by atoms with van der Waals surface area (Å²) < 4.78 is 36.8. The highest BCUT2D eigenvalue weighted by Crippen LogP contribution is 2.17. The van der Waals surface area contributed by atoms with Crippen molar-refractivity contribution in [1.29, 1.82) is 0 Å². The van der Waals surface area contributed by atoms with E-state index in [1.807, 2.05) is 6.26 Å². The molecule has 0 radical (unpaired) electrons. The topological polar surface area (TPSA) is 70.6 Å². The van der Waals surface area contributed by atoms with Gasteiger partial charge in [-0.3, -0.25) is 4.99 Å². The lowest BCUT2D eigenvalue weighted by atomic mass is 10.1. The van der Waals surface area contributed by atoms with Gasteiger partial charge >= 0.3 is 0 Å². The Balaban J connectivity index is 2.61. The van der Waals surface area contributed by atoms with E-state index in [0.717, 1.165) is 16.9 Å². The number of sulfone groups is 1. The van der Waals surface area contributed by atoms with Gasteiger partial charge in [-0.15, -0.1) is 0 Å². The molecule has 0 aliphatic carbocycles.